The fourth-order valence-electron chi connectivity index (χ4n) is 4.19. The molecule has 3 aromatic carbocycles. The predicted molar refractivity (Wildman–Crippen MR) is 139 cm³/mol. The molecule has 10 heteroatoms. The summed E-state index contributed by atoms with van der Waals surface area (Å²) >= 11 is 0. The van der Waals surface area contributed by atoms with Crippen LogP contribution in [0.1, 0.15) is 31.1 Å². The molecule has 1 fully saturated rings. The van der Waals surface area contributed by atoms with E-state index < -0.39 is 42.4 Å². The number of carbonyl (C=O) groups excluding carboxylic acids is 3. The summed E-state index contributed by atoms with van der Waals surface area (Å²) in [5.74, 6) is -1.53. The van der Waals surface area contributed by atoms with Crippen molar-refractivity contribution in [1.29, 1.82) is 0 Å². The van der Waals surface area contributed by atoms with Crippen LogP contribution in [0.25, 0.3) is 0 Å². The second-order valence-corrected chi connectivity index (χ2v) is 8.71. The number of benzene rings is 3. The number of ether oxygens (including phenoxy) is 4. The molecule has 2 aliphatic heterocycles. The molecule has 39 heavy (non-hydrogen) atoms. The molecular weight excluding hydrogens is 502 g/mol. The van der Waals surface area contributed by atoms with E-state index in [-0.39, 0.29) is 6.61 Å². The van der Waals surface area contributed by atoms with Gasteiger partial charge in [0, 0.05) is 0 Å². The number of rotatable bonds is 8. The van der Waals surface area contributed by atoms with E-state index in [4.69, 9.17) is 18.9 Å². The van der Waals surface area contributed by atoms with Gasteiger partial charge in [0.2, 0.25) is 0 Å². The number of nitrogens with one attached hydrogen (secondary N) is 1. The molecule has 0 aromatic heterocycles. The first kappa shape index (κ1) is 25.7. The van der Waals surface area contributed by atoms with Crippen LogP contribution in [0.15, 0.2) is 108 Å². The molecule has 0 bridgehead atoms. The smallest absolute Gasteiger partial charge is 0.338 e. The summed E-state index contributed by atoms with van der Waals surface area (Å²) in [6.07, 6.45) is -2.82. The third-order valence-electron chi connectivity index (χ3n) is 6.14. The molecule has 198 valence electrons. The van der Waals surface area contributed by atoms with E-state index in [0.29, 0.717) is 22.5 Å². The predicted octanol–water partition coefficient (Wildman–Crippen LogP) is 3.34. The molecule has 0 spiro atoms. The monoisotopic (exact) mass is 527 g/mol. The lowest BCUT2D eigenvalue weighted by Gasteiger charge is -2.28. The number of hydrogen-bond acceptors (Lipinski definition) is 10. The molecule has 4 atom stereocenters. The van der Waals surface area contributed by atoms with E-state index in [9.17, 15) is 14.4 Å². The average Bonchev–Trinajstić information content (AvgIpc) is 3.55. The minimum absolute atomic E-state index is 0.277. The molecule has 5 rings (SSSR count). The van der Waals surface area contributed by atoms with Crippen LogP contribution in [0.3, 0.4) is 0 Å². The van der Waals surface area contributed by atoms with Crippen molar-refractivity contribution < 1.29 is 33.3 Å². The van der Waals surface area contributed by atoms with Crippen molar-refractivity contribution in [3.8, 4) is 0 Å². The van der Waals surface area contributed by atoms with Crippen LogP contribution in [0.2, 0.25) is 0 Å². The summed E-state index contributed by atoms with van der Waals surface area (Å²) < 4.78 is 23.5. The zero-order valence-electron chi connectivity index (χ0n) is 20.7. The maximum absolute atomic E-state index is 13.1. The number of hydrazone groups is 1. The van der Waals surface area contributed by atoms with Crippen LogP contribution >= 0.6 is 0 Å². The van der Waals surface area contributed by atoms with E-state index in [1.54, 1.807) is 91.0 Å². The number of hydrogen-bond donors (Lipinski definition) is 1. The molecule has 3 aromatic rings. The van der Waals surface area contributed by atoms with Crippen molar-refractivity contribution in [2.75, 3.05) is 6.61 Å². The highest BCUT2D eigenvalue weighted by atomic mass is 16.7. The zero-order valence-corrected chi connectivity index (χ0v) is 20.7. The van der Waals surface area contributed by atoms with Crippen molar-refractivity contribution in [3.05, 3.63) is 120 Å². The van der Waals surface area contributed by atoms with Crippen molar-refractivity contribution in [3.63, 3.8) is 0 Å². The highest BCUT2D eigenvalue weighted by molar-refractivity contribution is 5.91. The quantitative estimate of drug-likeness (QED) is 0.348. The van der Waals surface area contributed by atoms with E-state index in [1.165, 1.54) is 11.2 Å². The molecular formula is C29H25N3O7. The van der Waals surface area contributed by atoms with Gasteiger partial charge < -0.3 is 18.9 Å². The number of carbonyl (C=O) groups is 3. The third kappa shape index (κ3) is 5.81. The van der Waals surface area contributed by atoms with Gasteiger partial charge in [0.15, 0.2) is 18.4 Å². The van der Waals surface area contributed by atoms with Gasteiger partial charge in [0.05, 0.1) is 16.7 Å². The van der Waals surface area contributed by atoms with Gasteiger partial charge >= 0.3 is 17.9 Å². The first-order valence-corrected chi connectivity index (χ1v) is 12.2. The fourth-order valence-corrected chi connectivity index (χ4v) is 4.19. The average molecular weight is 528 g/mol. The molecule has 0 saturated carbocycles. The third-order valence-corrected chi connectivity index (χ3v) is 6.14. The summed E-state index contributed by atoms with van der Waals surface area (Å²) in [7, 11) is 0. The van der Waals surface area contributed by atoms with Crippen LogP contribution in [-0.4, -0.2) is 60.3 Å². The first-order chi connectivity index (χ1) is 19.0. The fraction of sp³-hybridized carbons (Fsp3) is 0.172. The largest absolute Gasteiger partial charge is 0.459 e. The normalized spacial score (nSPS) is 21.7. The summed E-state index contributed by atoms with van der Waals surface area (Å²) in [4.78, 5) is 40.4. The maximum atomic E-state index is 13.1. The van der Waals surface area contributed by atoms with Crippen molar-refractivity contribution in [1.82, 2.24) is 10.3 Å². The van der Waals surface area contributed by atoms with Crippen molar-refractivity contribution in [2.45, 2.75) is 24.5 Å². The van der Waals surface area contributed by atoms with Crippen molar-refractivity contribution >= 4 is 24.2 Å². The summed E-state index contributed by atoms with van der Waals surface area (Å²) in [6.45, 7) is 3.62. The van der Waals surface area contributed by atoms with E-state index in [2.05, 4.69) is 17.1 Å². The lowest BCUT2D eigenvalue weighted by atomic mass is 10.1. The first-order valence-electron chi connectivity index (χ1n) is 12.2. The molecule has 0 aliphatic carbocycles. The highest BCUT2D eigenvalue weighted by Gasteiger charge is 2.53. The molecule has 4 unspecified atom stereocenters. The lowest BCUT2D eigenvalue weighted by molar-refractivity contribution is -0.0680. The highest BCUT2D eigenvalue weighted by Crippen LogP contribution is 2.32. The van der Waals surface area contributed by atoms with Gasteiger partial charge in [-0.1, -0.05) is 61.2 Å². The topological polar surface area (TPSA) is 116 Å². The van der Waals surface area contributed by atoms with Crippen LogP contribution < -0.4 is 5.43 Å². The van der Waals surface area contributed by atoms with Crippen molar-refractivity contribution in [2.24, 2.45) is 5.10 Å². The Labute approximate surface area is 224 Å². The van der Waals surface area contributed by atoms with Crippen LogP contribution in [0.4, 0.5) is 0 Å². The Kier molecular flexibility index (Phi) is 7.65. The zero-order chi connectivity index (χ0) is 27.2. The lowest BCUT2D eigenvalue weighted by Crippen LogP contribution is -2.46. The molecule has 1 N–H and O–H groups in total. The Morgan fingerprint density at radius 2 is 1.26 bits per heavy atom. The van der Waals surface area contributed by atoms with Crippen LogP contribution in [0, 0.1) is 0 Å². The Hall–Kier alpha value is -4.96. The maximum Gasteiger partial charge on any atom is 0.338 e. The summed E-state index contributed by atoms with van der Waals surface area (Å²) in [5.41, 5.74) is 3.65. The molecule has 0 radical (unpaired) electrons. The molecule has 2 aliphatic rings. The van der Waals surface area contributed by atoms with Gasteiger partial charge in [-0.25, -0.2) is 14.4 Å². The minimum Gasteiger partial charge on any atom is -0.459 e. The van der Waals surface area contributed by atoms with Gasteiger partial charge in [-0.15, -0.1) is 0 Å². The second kappa shape index (κ2) is 11.6. The van der Waals surface area contributed by atoms with Gasteiger partial charge in [-0.3, -0.25) is 10.3 Å². The van der Waals surface area contributed by atoms with E-state index in [0.717, 1.165) is 0 Å². The van der Waals surface area contributed by atoms with Gasteiger partial charge in [0.25, 0.3) is 0 Å². The van der Waals surface area contributed by atoms with E-state index in [1.807, 2.05) is 0 Å². The standard InChI is InChI=1S/C29H25N3O7/c1-19-31-30-18-32(19)26-25(39-29(35)22-15-9-4-10-16-22)24(38-28(34)21-13-7-3-8-14-21)23(37-26)17-36-27(33)20-11-5-2-6-12-20/h2-16,18,23-26,31H,1,17H2. The van der Waals surface area contributed by atoms with Gasteiger partial charge in [0.1, 0.15) is 24.9 Å². The van der Waals surface area contributed by atoms with Gasteiger partial charge in [-0.05, 0) is 36.4 Å². The molecule has 2 heterocycles. The second-order valence-electron chi connectivity index (χ2n) is 8.71. The van der Waals surface area contributed by atoms with Gasteiger partial charge in [-0.2, -0.15) is 5.10 Å². The molecule has 10 nitrogen and oxygen atoms in total. The Morgan fingerprint density at radius 3 is 1.74 bits per heavy atom. The van der Waals surface area contributed by atoms with Crippen LogP contribution in [-0.2, 0) is 18.9 Å². The number of esters is 3. The summed E-state index contributed by atoms with van der Waals surface area (Å²) in [5, 5.41) is 3.97. The molecule has 0 amide bonds. The minimum atomic E-state index is -1.14. The Balaban J connectivity index is 1.44. The van der Waals surface area contributed by atoms with E-state index >= 15 is 0 Å². The summed E-state index contributed by atoms with van der Waals surface area (Å²) in [6, 6.07) is 25.2. The SMILES string of the molecule is C=C1NN=CN1C1OC(COC(=O)c2ccccc2)C(OC(=O)c2ccccc2)C1OC(=O)c1ccccc1. The number of nitrogens with zero attached hydrogens (tertiary/aromatic N) is 2. The Morgan fingerprint density at radius 1 is 0.769 bits per heavy atom. The molecule has 1 saturated heterocycles. The Bertz CT molecular complexity index is 1370. The van der Waals surface area contributed by atoms with Crippen LogP contribution in [0.5, 0.6) is 0 Å².